The van der Waals surface area contributed by atoms with Crippen molar-refractivity contribution in [2.75, 3.05) is 0 Å². The zero-order valence-electron chi connectivity index (χ0n) is 10.3. The number of halogens is 4. The molecular weight excluding hydrogens is 269 g/mol. The van der Waals surface area contributed by atoms with E-state index in [9.17, 15) is 18.0 Å². The monoisotopic (exact) mass is 286 g/mol. The standard InChI is InChI=1S/C11H17F3N2O.ClH/c1-6(2)7(15)8(17)16-10-3-9(4-10,5-10)11(12,13)14;/h6-7H,3-5,15H2,1-2H3,(H,16,17);1H. The molecule has 0 aromatic heterocycles. The number of carbonyl (C=O) groups is 1. The minimum absolute atomic E-state index is 0. The highest BCUT2D eigenvalue weighted by Crippen LogP contribution is 2.73. The highest BCUT2D eigenvalue weighted by molar-refractivity contribution is 5.85. The lowest BCUT2D eigenvalue weighted by molar-refractivity contribution is -0.337. The Hall–Kier alpha value is -0.490. The number of alkyl halides is 3. The molecule has 0 radical (unpaired) electrons. The molecule has 18 heavy (non-hydrogen) atoms. The van der Waals surface area contributed by atoms with Crippen LogP contribution in [0.2, 0.25) is 0 Å². The second kappa shape index (κ2) is 4.27. The predicted molar refractivity (Wildman–Crippen MR) is 63.3 cm³/mol. The first kappa shape index (κ1) is 15.6. The van der Waals surface area contributed by atoms with E-state index in [2.05, 4.69) is 5.32 Å². The van der Waals surface area contributed by atoms with Gasteiger partial charge >= 0.3 is 6.18 Å². The van der Waals surface area contributed by atoms with Gasteiger partial charge in [-0.25, -0.2) is 0 Å². The largest absolute Gasteiger partial charge is 0.394 e. The molecule has 3 nitrogen and oxygen atoms in total. The van der Waals surface area contributed by atoms with Crippen LogP contribution in [0, 0.1) is 11.3 Å². The molecule has 0 aliphatic heterocycles. The van der Waals surface area contributed by atoms with Crippen LogP contribution in [-0.2, 0) is 4.79 Å². The Labute approximate surface area is 110 Å². The molecule has 1 atom stereocenters. The molecule has 1 amide bonds. The van der Waals surface area contributed by atoms with Gasteiger partial charge in [-0.2, -0.15) is 13.2 Å². The van der Waals surface area contributed by atoms with E-state index in [0.717, 1.165) is 0 Å². The quantitative estimate of drug-likeness (QED) is 0.834. The van der Waals surface area contributed by atoms with E-state index in [0.29, 0.717) is 0 Å². The van der Waals surface area contributed by atoms with Crippen LogP contribution in [0.1, 0.15) is 33.1 Å². The number of hydrogen-bond acceptors (Lipinski definition) is 2. The van der Waals surface area contributed by atoms with Crippen LogP contribution in [0.3, 0.4) is 0 Å². The molecule has 1 unspecified atom stereocenters. The molecule has 7 heteroatoms. The topological polar surface area (TPSA) is 55.1 Å². The molecule has 0 aromatic carbocycles. The van der Waals surface area contributed by atoms with Crippen LogP contribution >= 0.6 is 12.4 Å². The van der Waals surface area contributed by atoms with Gasteiger partial charge in [-0.05, 0) is 25.2 Å². The number of carbonyl (C=O) groups excluding carboxylic acids is 1. The van der Waals surface area contributed by atoms with Gasteiger partial charge in [-0.1, -0.05) is 13.8 Å². The van der Waals surface area contributed by atoms with E-state index < -0.39 is 23.2 Å². The van der Waals surface area contributed by atoms with Crippen LogP contribution in [0.25, 0.3) is 0 Å². The molecule has 3 aliphatic rings. The second-order valence-electron chi connectivity index (χ2n) is 5.85. The fourth-order valence-corrected chi connectivity index (χ4v) is 2.87. The van der Waals surface area contributed by atoms with Crippen LogP contribution < -0.4 is 11.1 Å². The Morgan fingerprint density at radius 3 is 2.06 bits per heavy atom. The van der Waals surface area contributed by atoms with Crippen molar-refractivity contribution in [2.24, 2.45) is 17.1 Å². The van der Waals surface area contributed by atoms with Crippen molar-refractivity contribution < 1.29 is 18.0 Å². The highest BCUT2D eigenvalue weighted by Gasteiger charge is 2.79. The van der Waals surface area contributed by atoms with E-state index in [-0.39, 0.29) is 43.5 Å². The molecular formula is C11H18ClF3N2O. The maximum Gasteiger partial charge on any atom is 0.394 e. The lowest BCUT2D eigenvalue weighted by atomic mass is 9.39. The molecule has 0 aromatic rings. The van der Waals surface area contributed by atoms with Crippen molar-refractivity contribution in [3.05, 3.63) is 0 Å². The first-order valence-electron chi connectivity index (χ1n) is 5.75. The normalized spacial score (nSPS) is 35.1. The molecule has 3 aliphatic carbocycles. The number of hydrogen-bond donors (Lipinski definition) is 2. The molecule has 2 bridgehead atoms. The number of nitrogens with one attached hydrogen (secondary N) is 1. The smallest absolute Gasteiger partial charge is 0.349 e. The van der Waals surface area contributed by atoms with Gasteiger partial charge in [0, 0.05) is 5.54 Å². The summed E-state index contributed by atoms with van der Waals surface area (Å²) in [7, 11) is 0. The number of amides is 1. The van der Waals surface area contributed by atoms with Gasteiger partial charge in [0.2, 0.25) is 5.91 Å². The van der Waals surface area contributed by atoms with Crippen molar-refractivity contribution in [2.45, 2.75) is 50.9 Å². The fraction of sp³-hybridized carbons (Fsp3) is 0.909. The van der Waals surface area contributed by atoms with Gasteiger partial charge < -0.3 is 11.1 Å². The lowest BCUT2D eigenvalue weighted by Gasteiger charge is -2.70. The minimum Gasteiger partial charge on any atom is -0.349 e. The molecule has 3 saturated carbocycles. The van der Waals surface area contributed by atoms with Gasteiger partial charge in [0.05, 0.1) is 11.5 Å². The van der Waals surface area contributed by atoms with Gasteiger partial charge in [-0.15, -0.1) is 12.4 Å². The van der Waals surface area contributed by atoms with Crippen LogP contribution in [-0.4, -0.2) is 23.7 Å². The Bertz CT molecular complexity index is 337. The molecule has 3 fully saturated rings. The Morgan fingerprint density at radius 1 is 1.28 bits per heavy atom. The third-order valence-corrected chi connectivity index (χ3v) is 4.04. The molecule has 0 heterocycles. The second-order valence-corrected chi connectivity index (χ2v) is 5.85. The maximum atomic E-state index is 12.6. The lowest BCUT2D eigenvalue weighted by Crippen LogP contribution is -2.79. The third kappa shape index (κ3) is 2.09. The van der Waals surface area contributed by atoms with Gasteiger partial charge in [-0.3, -0.25) is 4.79 Å². The van der Waals surface area contributed by atoms with E-state index in [1.54, 1.807) is 0 Å². The summed E-state index contributed by atoms with van der Waals surface area (Å²) in [6.07, 6.45) is -4.10. The van der Waals surface area contributed by atoms with E-state index in [4.69, 9.17) is 5.73 Å². The average Bonchev–Trinajstić information content (AvgIpc) is 2.04. The van der Waals surface area contributed by atoms with Crippen molar-refractivity contribution in [3.8, 4) is 0 Å². The molecule has 3 N–H and O–H groups in total. The van der Waals surface area contributed by atoms with Crippen LogP contribution in [0.15, 0.2) is 0 Å². The summed E-state index contributed by atoms with van der Waals surface area (Å²) in [6, 6.07) is -0.647. The summed E-state index contributed by atoms with van der Waals surface area (Å²) in [5.74, 6) is -0.352. The molecule has 0 spiro atoms. The first-order valence-corrected chi connectivity index (χ1v) is 5.75. The predicted octanol–water partition coefficient (Wildman–Crippen LogP) is 1.99. The third-order valence-electron chi connectivity index (χ3n) is 4.04. The summed E-state index contributed by atoms with van der Waals surface area (Å²) in [6.45, 7) is 3.62. The van der Waals surface area contributed by atoms with Gasteiger partial charge in [0.15, 0.2) is 0 Å². The number of nitrogens with two attached hydrogens (primary N) is 1. The molecule has 0 saturated heterocycles. The van der Waals surface area contributed by atoms with Gasteiger partial charge in [0.25, 0.3) is 0 Å². The molecule has 106 valence electrons. The van der Waals surface area contributed by atoms with Crippen molar-refractivity contribution in [1.29, 1.82) is 0 Å². The van der Waals surface area contributed by atoms with Crippen LogP contribution in [0.5, 0.6) is 0 Å². The average molecular weight is 287 g/mol. The first-order chi connectivity index (χ1) is 7.61. The van der Waals surface area contributed by atoms with E-state index in [1.165, 1.54) is 0 Å². The van der Waals surface area contributed by atoms with Crippen molar-refractivity contribution >= 4 is 18.3 Å². The summed E-state index contributed by atoms with van der Waals surface area (Å²) in [5.41, 5.74) is 3.50. The Balaban J connectivity index is 0.00000162. The zero-order valence-corrected chi connectivity index (χ0v) is 11.1. The summed E-state index contributed by atoms with van der Waals surface area (Å²) >= 11 is 0. The van der Waals surface area contributed by atoms with E-state index >= 15 is 0 Å². The summed E-state index contributed by atoms with van der Waals surface area (Å²) in [4.78, 5) is 11.7. The highest BCUT2D eigenvalue weighted by atomic mass is 35.5. The number of rotatable bonds is 3. The Morgan fingerprint density at radius 2 is 1.72 bits per heavy atom. The van der Waals surface area contributed by atoms with Crippen molar-refractivity contribution in [1.82, 2.24) is 5.32 Å². The minimum atomic E-state index is -4.14. The van der Waals surface area contributed by atoms with E-state index in [1.807, 2.05) is 13.8 Å². The SMILES string of the molecule is CC(C)C(N)C(=O)NC12CC(C(F)(F)F)(C1)C2.Cl. The summed E-state index contributed by atoms with van der Waals surface area (Å²) in [5, 5.41) is 2.67. The zero-order chi connectivity index (χ0) is 13.1. The maximum absolute atomic E-state index is 12.6. The van der Waals surface area contributed by atoms with Crippen LogP contribution in [0.4, 0.5) is 13.2 Å². The fourth-order valence-electron chi connectivity index (χ4n) is 2.87. The molecule has 3 rings (SSSR count). The Kier molecular flexibility index (Phi) is 3.69. The van der Waals surface area contributed by atoms with Crippen molar-refractivity contribution in [3.63, 3.8) is 0 Å². The summed E-state index contributed by atoms with van der Waals surface area (Å²) < 4.78 is 37.7. The van der Waals surface area contributed by atoms with Gasteiger partial charge in [0.1, 0.15) is 0 Å².